The lowest BCUT2D eigenvalue weighted by Gasteiger charge is -2.15. The average molecular weight is 223 g/mol. The minimum Gasteiger partial charge on any atom is -0.326 e. The topological polar surface area (TPSA) is 43.1 Å². The molecular formula is C12H17NOS. The van der Waals surface area contributed by atoms with E-state index in [4.69, 9.17) is 5.73 Å². The highest BCUT2D eigenvalue weighted by Gasteiger charge is 2.21. The molecule has 0 saturated heterocycles. The van der Waals surface area contributed by atoms with E-state index in [2.05, 4.69) is 0 Å². The van der Waals surface area contributed by atoms with Crippen LogP contribution in [0.4, 0.5) is 0 Å². The van der Waals surface area contributed by atoms with Gasteiger partial charge < -0.3 is 5.73 Å². The van der Waals surface area contributed by atoms with Crippen LogP contribution in [0, 0.1) is 5.41 Å². The second-order valence-electron chi connectivity index (χ2n) is 4.49. The molecule has 0 bridgehead atoms. The lowest BCUT2D eigenvalue weighted by Crippen LogP contribution is -2.16. The smallest absolute Gasteiger partial charge is 0.198 e. The van der Waals surface area contributed by atoms with Gasteiger partial charge in [-0.15, -0.1) is 0 Å². The van der Waals surface area contributed by atoms with Gasteiger partial charge in [0.2, 0.25) is 0 Å². The molecule has 0 amide bonds. The van der Waals surface area contributed by atoms with E-state index in [1.165, 1.54) is 11.8 Å². The molecule has 1 aromatic carbocycles. The first-order valence-electron chi connectivity index (χ1n) is 4.95. The normalized spacial score (nSPS) is 11.5. The molecule has 0 heterocycles. The van der Waals surface area contributed by atoms with E-state index in [1.807, 2.05) is 45.0 Å². The molecule has 0 fully saturated rings. The Kier molecular flexibility index (Phi) is 3.94. The van der Waals surface area contributed by atoms with E-state index in [0.29, 0.717) is 6.54 Å². The summed E-state index contributed by atoms with van der Waals surface area (Å²) in [5, 5.41) is 0.183. The van der Waals surface area contributed by atoms with Crippen molar-refractivity contribution in [2.45, 2.75) is 32.2 Å². The molecule has 3 heteroatoms. The summed E-state index contributed by atoms with van der Waals surface area (Å²) in [7, 11) is 0. The summed E-state index contributed by atoms with van der Waals surface area (Å²) < 4.78 is 0. The van der Waals surface area contributed by atoms with Crippen LogP contribution in [0.1, 0.15) is 26.3 Å². The van der Waals surface area contributed by atoms with Crippen LogP contribution in [-0.4, -0.2) is 5.12 Å². The van der Waals surface area contributed by atoms with Crippen molar-refractivity contribution in [3.8, 4) is 0 Å². The minimum atomic E-state index is -0.294. The predicted octanol–water partition coefficient (Wildman–Crippen LogP) is 2.81. The Morgan fingerprint density at radius 3 is 2.20 bits per heavy atom. The molecule has 0 atom stereocenters. The second kappa shape index (κ2) is 4.81. The Hall–Kier alpha value is -0.800. The van der Waals surface area contributed by atoms with Gasteiger partial charge in [-0.1, -0.05) is 44.7 Å². The van der Waals surface area contributed by atoms with Crippen molar-refractivity contribution >= 4 is 16.9 Å². The van der Waals surface area contributed by atoms with Gasteiger partial charge in [-0.2, -0.15) is 0 Å². The van der Waals surface area contributed by atoms with Gasteiger partial charge in [0.1, 0.15) is 0 Å². The highest BCUT2D eigenvalue weighted by atomic mass is 32.2. The molecule has 82 valence electrons. The summed E-state index contributed by atoms with van der Waals surface area (Å²) in [6, 6.07) is 7.80. The van der Waals surface area contributed by atoms with E-state index in [0.717, 1.165) is 10.5 Å². The Bertz CT molecular complexity index is 338. The minimum absolute atomic E-state index is 0.183. The lowest BCUT2D eigenvalue weighted by molar-refractivity contribution is -0.117. The van der Waals surface area contributed by atoms with Crippen LogP contribution < -0.4 is 5.73 Å². The summed E-state index contributed by atoms with van der Waals surface area (Å²) in [5.74, 6) is 0. The highest BCUT2D eigenvalue weighted by molar-refractivity contribution is 8.13. The number of hydrogen-bond acceptors (Lipinski definition) is 3. The van der Waals surface area contributed by atoms with Crippen LogP contribution in [0.15, 0.2) is 29.2 Å². The Morgan fingerprint density at radius 2 is 1.80 bits per heavy atom. The Labute approximate surface area is 95.2 Å². The van der Waals surface area contributed by atoms with Gasteiger partial charge >= 0.3 is 0 Å². The first-order chi connectivity index (χ1) is 6.93. The molecule has 0 unspecified atom stereocenters. The molecule has 0 aliphatic rings. The van der Waals surface area contributed by atoms with Crippen LogP contribution in [0.2, 0.25) is 0 Å². The molecule has 1 aromatic rings. The molecular weight excluding hydrogens is 206 g/mol. The molecule has 0 radical (unpaired) electrons. The predicted molar refractivity (Wildman–Crippen MR) is 64.7 cm³/mol. The molecule has 0 aromatic heterocycles. The van der Waals surface area contributed by atoms with E-state index < -0.39 is 0 Å². The quantitative estimate of drug-likeness (QED) is 0.784. The van der Waals surface area contributed by atoms with Gasteiger partial charge in [0.15, 0.2) is 5.12 Å². The monoisotopic (exact) mass is 223 g/mol. The molecule has 2 N–H and O–H groups in total. The summed E-state index contributed by atoms with van der Waals surface area (Å²) in [6.07, 6.45) is 0. The summed E-state index contributed by atoms with van der Waals surface area (Å²) >= 11 is 1.29. The lowest BCUT2D eigenvalue weighted by atomic mass is 10.00. The summed E-state index contributed by atoms with van der Waals surface area (Å²) in [5.41, 5.74) is 6.29. The van der Waals surface area contributed by atoms with Gasteiger partial charge in [-0.25, -0.2) is 0 Å². The maximum absolute atomic E-state index is 11.7. The zero-order valence-corrected chi connectivity index (χ0v) is 10.2. The Morgan fingerprint density at radius 1 is 1.27 bits per heavy atom. The maximum Gasteiger partial charge on any atom is 0.198 e. The number of carbonyl (C=O) groups excluding carboxylic acids is 1. The highest BCUT2D eigenvalue weighted by Crippen LogP contribution is 2.28. The molecule has 15 heavy (non-hydrogen) atoms. The summed E-state index contributed by atoms with van der Waals surface area (Å²) in [6.45, 7) is 6.32. The van der Waals surface area contributed by atoms with Crippen molar-refractivity contribution in [2.75, 3.05) is 0 Å². The number of rotatable bonds is 2. The van der Waals surface area contributed by atoms with Crippen LogP contribution in [0.3, 0.4) is 0 Å². The fraction of sp³-hybridized carbons (Fsp3) is 0.417. The van der Waals surface area contributed by atoms with Crippen molar-refractivity contribution in [2.24, 2.45) is 11.1 Å². The number of nitrogens with two attached hydrogens (primary N) is 1. The van der Waals surface area contributed by atoms with Gasteiger partial charge in [0.25, 0.3) is 0 Å². The largest absolute Gasteiger partial charge is 0.326 e. The number of benzene rings is 1. The number of hydrogen-bond donors (Lipinski definition) is 1. The van der Waals surface area contributed by atoms with Gasteiger partial charge in [0.05, 0.1) is 0 Å². The fourth-order valence-electron chi connectivity index (χ4n) is 0.954. The second-order valence-corrected chi connectivity index (χ2v) is 5.53. The van der Waals surface area contributed by atoms with Gasteiger partial charge in [-0.3, -0.25) is 4.79 Å². The van der Waals surface area contributed by atoms with E-state index in [1.54, 1.807) is 0 Å². The zero-order chi connectivity index (χ0) is 11.5. The SMILES string of the molecule is CC(C)(C)C(=O)Sc1ccc(CN)cc1. The Balaban J connectivity index is 2.70. The van der Waals surface area contributed by atoms with E-state index in [-0.39, 0.29) is 10.5 Å². The van der Waals surface area contributed by atoms with E-state index in [9.17, 15) is 4.79 Å². The number of carbonyl (C=O) groups is 1. The molecule has 1 rings (SSSR count). The first kappa shape index (κ1) is 12.3. The summed E-state index contributed by atoms with van der Waals surface area (Å²) in [4.78, 5) is 12.7. The van der Waals surface area contributed by atoms with Crippen LogP contribution >= 0.6 is 11.8 Å². The van der Waals surface area contributed by atoms with Crippen LogP contribution in [-0.2, 0) is 11.3 Å². The number of thioether (sulfide) groups is 1. The zero-order valence-electron chi connectivity index (χ0n) is 9.41. The van der Waals surface area contributed by atoms with E-state index >= 15 is 0 Å². The molecule has 0 aliphatic heterocycles. The molecule has 0 spiro atoms. The van der Waals surface area contributed by atoms with Crippen molar-refractivity contribution in [3.63, 3.8) is 0 Å². The standard InChI is InChI=1S/C12H17NOS/c1-12(2,3)11(14)15-10-6-4-9(8-13)5-7-10/h4-7H,8,13H2,1-3H3. The maximum atomic E-state index is 11.7. The van der Waals surface area contributed by atoms with Crippen LogP contribution in [0.25, 0.3) is 0 Å². The van der Waals surface area contributed by atoms with Crippen molar-refractivity contribution < 1.29 is 4.79 Å². The van der Waals surface area contributed by atoms with Gasteiger partial charge in [-0.05, 0) is 17.7 Å². The van der Waals surface area contributed by atoms with Crippen LogP contribution in [0.5, 0.6) is 0 Å². The average Bonchev–Trinajstić information content (AvgIpc) is 2.17. The molecule has 2 nitrogen and oxygen atoms in total. The molecule has 0 saturated carbocycles. The fourth-order valence-corrected chi connectivity index (χ4v) is 1.75. The van der Waals surface area contributed by atoms with Crippen molar-refractivity contribution in [1.29, 1.82) is 0 Å². The first-order valence-corrected chi connectivity index (χ1v) is 5.76. The third-order valence-electron chi connectivity index (χ3n) is 1.98. The molecule has 0 aliphatic carbocycles. The third-order valence-corrected chi connectivity index (χ3v) is 3.29. The van der Waals surface area contributed by atoms with Gasteiger partial charge in [0, 0.05) is 16.9 Å². The van der Waals surface area contributed by atoms with Crippen molar-refractivity contribution in [3.05, 3.63) is 29.8 Å². The van der Waals surface area contributed by atoms with Crippen molar-refractivity contribution in [1.82, 2.24) is 0 Å². The third kappa shape index (κ3) is 3.68.